The van der Waals surface area contributed by atoms with Crippen LogP contribution in [0.15, 0.2) is 122 Å². The summed E-state index contributed by atoms with van der Waals surface area (Å²) in [4.78, 5) is 13.0. The highest BCUT2D eigenvalue weighted by atomic mass is 16.7. The van der Waals surface area contributed by atoms with Crippen molar-refractivity contribution in [2.24, 2.45) is 0 Å². The van der Waals surface area contributed by atoms with Gasteiger partial charge in [0.15, 0.2) is 6.29 Å². The van der Waals surface area contributed by atoms with Gasteiger partial charge in [-0.15, -0.1) is 0 Å². The molecule has 9 heteroatoms. The van der Waals surface area contributed by atoms with Gasteiger partial charge in [0.25, 0.3) is 0 Å². The van der Waals surface area contributed by atoms with E-state index in [4.69, 9.17) is 9.47 Å². The molecule has 0 radical (unpaired) electrons. The highest BCUT2D eigenvalue weighted by molar-refractivity contribution is 5.76. The molecule has 0 aromatic carbocycles. The molecule has 0 saturated carbocycles. The van der Waals surface area contributed by atoms with E-state index < -0.39 is 49.5 Å². The Bertz CT molecular complexity index is 1540. The summed E-state index contributed by atoms with van der Waals surface area (Å²) in [7, 11) is 0. The van der Waals surface area contributed by atoms with Crippen LogP contribution in [0.3, 0.4) is 0 Å². The van der Waals surface area contributed by atoms with Crippen LogP contribution < -0.4 is 5.32 Å². The molecule has 0 aliphatic carbocycles. The second-order valence-electron chi connectivity index (χ2n) is 19.4. The summed E-state index contributed by atoms with van der Waals surface area (Å²) in [5.74, 6) is -0.201. The van der Waals surface area contributed by atoms with Gasteiger partial charge in [0.2, 0.25) is 5.91 Å². The summed E-state index contributed by atoms with van der Waals surface area (Å²) < 4.78 is 11.2. The second-order valence-corrected chi connectivity index (χ2v) is 19.4. The predicted octanol–water partition coefficient (Wildman–Crippen LogP) is 14.3. The Morgan fingerprint density at radius 3 is 1.28 bits per heavy atom. The monoisotopic (exact) mass is 1000 g/mol. The van der Waals surface area contributed by atoms with Crippen LogP contribution in [0.25, 0.3) is 0 Å². The molecule has 7 atom stereocenters. The fraction of sp³-hybridized carbons (Fsp3) is 0.667. The maximum Gasteiger partial charge on any atom is 0.220 e. The minimum atomic E-state index is -1.58. The maximum absolute atomic E-state index is 13.0. The van der Waals surface area contributed by atoms with Crippen LogP contribution >= 0.6 is 0 Å². The molecule has 0 spiro atoms. The number of carbonyl (C=O) groups is 1. The van der Waals surface area contributed by atoms with Crippen molar-refractivity contribution in [2.75, 3.05) is 13.2 Å². The highest BCUT2D eigenvalue weighted by Crippen LogP contribution is 2.23. The van der Waals surface area contributed by atoms with Crippen LogP contribution in [0, 0.1) is 0 Å². The van der Waals surface area contributed by atoms with E-state index in [1.807, 2.05) is 6.08 Å². The lowest BCUT2D eigenvalue weighted by molar-refractivity contribution is -0.302. The first-order valence-electron chi connectivity index (χ1n) is 28.8. The van der Waals surface area contributed by atoms with Crippen LogP contribution in [0.2, 0.25) is 0 Å². The van der Waals surface area contributed by atoms with Crippen LogP contribution in [0.1, 0.15) is 213 Å². The van der Waals surface area contributed by atoms with Crippen LogP contribution in [-0.4, -0.2) is 87.5 Å². The first kappa shape index (κ1) is 66.6. The number of hydrogen-bond acceptors (Lipinski definition) is 8. The molecule has 0 aromatic heterocycles. The summed E-state index contributed by atoms with van der Waals surface area (Å²) in [6.45, 7) is 3.64. The number of allylic oxidation sites excluding steroid dienone is 19. The van der Waals surface area contributed by atoms with E-state index in [1.165, 1.54) is 77.0 Å². The molecule has 1 amide bonds. The number of carbonyl (C=O) groups excluding carboxylic acids is 1. The van der Waals surface area contributed by atoms with Crippen molar-refractivity contribution < 1.29 is 39.8 Å². The van der Waals surface area contributed by atoms with E-state index in [0.29, 0.717) is 6.42 Å². The fourth-order valence-electron chi connectivity index (χ4n) is 8.27. The summed E-state index contributed by atoms with van der Waals surface area (Å²) in [5, 5.41) is 54.4. The number of aliphatic hydroxyl groups excluding tert-OH is 5. The summed E-state index contributed by atoms with van der Waals surface area (Å²) in [5.41, 5.74) is 0. The average molecular weight is 1000 g/mol. The highest BCUT2D eigenvalue weighted by Gasteiger charge is 2.44. The standard InChI is InChI=1S/C63H105NO8/c1-3-5-7-9-11-13-15-17-19-21-22-23-24-25-26-27-28-29-30-31-32-33-34-35-36-37-39-41-43-45-47-49-51-53-59(67)64-56(55-71-63-62(70)61(69)60(68)58(54-65)72-63)57(66)52-50-48-46-44-42-40-38-20-18-16-14-12-10-8-6-4-2/h5,7,11,13,17,19,22-23,25-26,28-29,31-32,34-35,37,39,50,52,56-58,60-63,65-66,68-70H,3-4,6,8-10,12,14-16,18,20-21,24,27,30,33,36,38,40-49,51,53-55H2,1-2H3,(H,64,67)/b7-5-,13-11-,19-17-,23-22-,26-25-,29-28-,32-31-,35-34-,39-37-,52-50+. The minimum Gasteiger partial charge on any atom is -0.394 e. The first-order valence-corrected chi connectivity index (χ1v) is 28.8. The molecule has 1 aliphatic rings. The first-order chi connectivity index (χ1) is 35.3. The van der Waals surface area contributed by atoms with Gasteiger partial charge in [-0.1, -0.05) is 238 Å². The summed E-state index contributed by atoms with van der Waals surface area (Å²) in [6, 6.07) is -0.824. The topological polar surface area (TPSA) is 149 Å². The third-order valence-electron chi connectivity index (χ3n) is 12.8. The largest absolute Gasteiger partial charge is 0.394 e. The molecule has 72 heavy (non-hydrogen) atoms. The normalized spacial score (nSPS) is 20.1. The Balaban J connectivity index is 2.25. The van der Waals surface area contributed by atoms with Gasteiger partial charge in [0.1, 0.15) is 24.4 Å². The Hall–Kier alpha value is -3.41. The zero-order valence-corrected chi connectivity index (χ0v) is 45.4. The van der Waals surface area contributed by atoms with Gasteiger partial charge >= 0.3 is 0 Å². The number of hydrogen-bond donors (Lipinski definition) is 6. The second kappa shape index (κ2) is 51.1. The number of aliphatic hydroxyl groups is 5. The number of nitrogens with one attached hydrogen (secondary N) is 1. The predicted molar refractivity (Wildman–Crippen MR) is 304 cm³/mol. The third-order valence-corrected chi connectivity index (χ3v) is 12.8. The van der Waals surface area contributed by atoms with Crippen molar-refractivity contribution in [3.8, 4) is 0 Å². The van der Waals surface area contributed by atoms with Crippen molar-refractivity contribution >= 4 is 5.91 Å². The smallest absolute Gasteiger partial charge is 0.220 e. The van der Waals surface area contributed by atoms with E-state index >= 15 is 0 Å². The van der Waals surface area contributed by atoms with E-state index in [-0.39, 0.29) is 12.5 Å². The lowest BCUT2D eigenvalue weighted by atomic mass is 9.99. The summed E-state index contributed by atoms with van der Waals surface area (Å²) in [6.07, 6.45) is 69.6. The Labute approximate surface area is 439 Å². The van der Waals surface area contributed by atoms with Crippen LogP contribution in [0.4, 0.5) is 0 Å². The fourth-order valence-corrected chi connectivity index (χ4v) is 8.27. The SMILES string of the molecule is CC/C=C\C/C=C\C/C=C\C/C=C\C/C=C\C/C=C\C/C=C\C/C=C\C/C=C\CCCCCCCC(=O)NC(COC1OC(CO)C(O)C(O)C1O)C(O)/C=C/CCCCCCCCCCCCCCCC. The molecule has 1 saturated heterocycles. The number of amides is 1. The van der Waals surface area contributed by atoms with Gasteiger partial charge in [0, 0.05) is 6.42 Å². The molecular weight excluding hydrogens is 899 g/mol. The van der Waals surface area contributed by atoms with Gasteiger partial charge in [-0.2, -0.15) is 0 Å². The van der Waals surface area contributed by atoms with Gasteiger partial charge in [-0.25, -0.2) is 0 Å². The maximum atomic E-state index is 13.0. The summed E-state index contributed by atoms with van der Waals surface area (Å²) >= 11 is 0. The minimum absolute atomic E-state index is 0.201. The Kier molecular flexibility index (Phi) is 47.3. The van der Waals surface area contributed by atoms with Gasteiger partial charge in [-0.05, 0) is 89.9 Å². The Morgan fingerprint density at radius 2 is 0.861 bits per heavy atom. The van der Waals surface area contributed by atoms with Crippen molar-refractivity contribution in [3.05, 3.63) is 122 Å². The molecule has 1 aliphatic heterocycles. The van der Waals surface area contributed by atoms with Crippen molar-refractivity contribution in [1.29, 1.82) is 0 Å². The lowest BCUT2D eigenvalue weighted by Crippen LogP contribution is -2.60. The molecule has 0 aromatic rings. The third kappa shape index (κ3) is 40.0. The molecule has 7 unspecified atom stereocenters. The Morgan fingerprint density at radius 1 is 0.486 bits per heavy atom. The van der Waals surface area contributed by atoms with Gasteiger partial charge in [0.05, 0.1) is 25.4 Å². The molecule has 1 heterocycles. The van der Waals surface area contributed by atoms with E-state index in [0.717, 1.165) is 116 Å². The number of ether oxygens (including phenoxy) is 2. The van der Waals surface area contributed by atoms with Gasteiger partial charge in [-0.3, -0.25) is 4.79 Å². The van der Waals surface area contributed by atoms with Gasteiger partial charge < -0.3 is 40.3 Å². The molecule has 9 nitrogen and oxygen atoms in total. The molecule has 0 bridgehead atoms. The average Bonchev–Trinajstić information content (AvgIpc) is 3.38. The molecular formula is C63H105NO8. The van der Waals surface area contributed by atoms with Crippen molar-refractivity contribution in [3.63, 3.8) is 0 Å². The lowest BCUT2D eigenvalue weighted by Gasteiger charge is -2.40. The zero-order chi connectivity index (χ0) is 52.2. The zero-order valence-electron chi connectivity index (χ0n) is 45.4. The van der Waals surface area contributed by atoms with Crippen LogP contribution in [0.5, 0.6) is 0 Å². The molecule has 1 fully saturated rings. The van der Waals surface area contributed by atoms with Crippen LogP contribution in [-0.2, 0) is 14.3 Å². The molecule has 410 valence electrons. The number of rotatable bonds is 47. The van der Waals surface area contributed by atoms with E-state index in [2.05, 4.69) is 129 Å². The van der Waals surface area contributed by atoms with E-state index in [9.17, 15) is 30.3 Å². The molecule has 6 N–H and O–H groups in total. The van der Waals surface area contributed by atoms with Crippen molar-refractivity contribution in [1.82, 2.24) is 5.32 Å². The molecule has 1 rings (SSSR count). The van der Waals surface area contributed by atoms with E-state index in [1.54, 1.807) is 6.08 Å². The van der Waals surface area contributed by atoms with Crippen molar-refractivity contribution in [2.45, 2.75) is 256 Å². The quantitative estimate of drug-likeness (QED) is 0.0261. The number of unbranched alkanes of at least 4 members (excludes halogenated alkanes) is 19.